The van der Waals surface area contributed by atoms with Gasteiger partial charge >= 0.3 is 0 Å². The minimum atomic E-state index is 1.05. The zero-order chi connectivity index (χ0) is 12.8. The summed E-state index contributed by atoms with van der Waals surface area (Å²) in [4.78, 5) is 2.53. The molecule has 1 aromatic rings. The summed E-state index contributed by atoms with van der Waals surface area (Å²) < 4.78 is 0. The van der Waals surface area contributed by atoms with Gasteiger partial charge in [0.05, 0.1) is 0 Å². The fourth-order valence-corrected chi connectivity index (χ4v) is 2.41. The summed E-state index contributed by atoms with van der Waals surface area (Å²) in [6, 6.07) is 8.84. The van der Waals surface area contributed by atoms with E-state index in [1.165, 1.54) is 29.7 Å². The van der Waals surface area contributed by atoms with Crippen molar-refractivity contribution in [2.45, 2.75) is 26.3 Å². The Morgan fingerprint density at radius 3 is 2.67 bits per heavy atom. The lowest BCUT2D eigenvalue weighted by molar-refractivity contribution is 0.285. The third-order valence-electron chi connectivity index (χ3n) is 3.68. The highest BCUT2D eigenvalue weighted by atomic mass is 15.1. The average Bonchev–Trinajstić information content (AvgIpc) is 2.40. The lowest BCUT2D eigenvalue weighted by Crippen LogP contribution is -2.28. The van der Waals surface area contributed by atoms with E-state index in [0.29, 0.717) is 0 Å². The zero-order valence-electron chi connectivity index (χ0n) is 11.6. The summed E-state index contributed by atoms with van der Waals surface area (Å²) in [6.07, 6.45) is 4.70. The van der Waals surface area contributed by atoms with Gasteiger partial charge in [-0.05, 0) is 44.5 Å². The summed E-state index contributed by atoms with van der Waals surface area (Å²) in [7, 11) is 2.01. The second kappa shape index (κ2) is 6.72. The Hall–Kier alpha value is -1.12. The standard InChI is InChI=1S/C16H24N2/c1-14-8-11-18(12-9-14)13-16-6-4-3-5-15(16)7-10-17-2/h3-6,8,17H,7,9-13H2,1-2H3. The molecular weight excluding hydrogens is 220 g/mol. The van der Waals surface area contributed by atoms with E-state index >= 15 is 0 Å². The van der Waals surface area contributed by atoms with Gasteiger partial charge in [0.2, 0.25) is 0 Å². The molecule has 2 nitrogen and oxygen atoms in total. The van der Waals surface area contributed by atoms with Crippen LogP contribution >= 0.6 is 0 Å². The lowest BCUT2D eigenvalue weighted by atomic mass is 10.0. The van der Waals surface area contributed by atoms with Crippen LogP contribution in [0.4, 0.5) is 0 Å². The molecule has 1 aliphatic rings. The van der Waals surface area contributed by atoms with Gasteiger partial charge in [-0.25, -0.2) is 0 Å². The first-order valence-corrected chi connectivity index (χ1v) is 6.89. The van der Waals surface area contributed by atoms with Crippen molar-refractivity contribution in [1.29, 1.82) is 0 Å². The third kappa shape index (κ3) is 3.69. The molecule has 0 aromatic heterocycles. The van der Waals surface area contributed by atoms with Gasteiger partial charge in [-0.2, -0.15) is 0 Å². The fourth-order valence-electron chi connectivity index (χ4n) is 2.41. The molecule has 2 heteroatoms. The number of likely N-dealkylation sites (N-methyl/N-ethyl adjacent to an activating group) is 1. The second-order valence-corrected chi connectivity index (χ2v) is 5.16. The molecule has 2 rings (SSSR count). The normalized spacial score (nSPS) is 16.7. The maximum Gasteiger partial charge on any atom is 0.0239 e. The van der Waals surface area contributed by atoms with Crippen LogP contribution in [0.2, 0.25) is 0 Å². The van der Waals surface area contributed by atoms with Gasteiger partial charge < -0.3 is 5.32 Å². The van der Waals surface area contributed by atoms with E-state index in [0.717, 1.165) is 26.1 Å². The van der Waals surface area contributed by atoms with Crippen molar-refractivity contribution in [3.05, 3.63) is 47.0 Å². The minimum absolute atomic E-state index is 1.05. The molecule has 1 aliphatic heterocycles. The number of benzene rings is 1. The van der Waals surface area contributed by atoms with Gasteiger partial charge in [0.1, 0.15) is 0 Å². The topological polar surface area (TPSA) is 15.3 Å². The quantitative estimate of drug-likeness (QED) is 0.801. The average molecular weight is 244 g/mol. The van der Waals surface area contributed by atoms with Crippen LogP contribution in [0.5, 0.6) is 0 Å². The van der Waals surface area contributed by atoms with E-state index in [-0.39, 0.29) is 0 Å². The summed E-state index contributed by atoms with van der Waals surface area (Å²) in [6.45, 7) is 6.67. The second-order valence-electron chi connectivity index (χ2n) is 5.16. The molecular formula is C16H24N2. The Bertz CT molecular complexity index is 409. The van der Waals surface area contributed by atoms with Crippen LogP contribution in [0.25, 0.3) is 0 Å². The van der Waals surface area contributed by atoms with Crippen molar-refractivity contribution in [2.24, 2.45) is 0 Å². The zero-order valence-corrected chi connectivity index (χ0v) is 11.6. The van der Waals surface area contributed by atoms with Crippen LogP contribution in [0.1, 0.15) is 24.5 Å². The van der Waals surface area contributed by atoms with E-state index in [9.17, 15) is 0 Å². The molecule has 18 heavy (non-hydrogen) atoms. The molecule has 1 heterocycles. The number of nitrogens with one attached hydrogen (secondary N) is 1. The third-order valence-corrected chi connectivity index (χ3v) is 3.68. The molecule has 0 radical (unpaired) electrons. The molecule has 0 saturated carbocycles. The number of hydrogen-bond acceptors (Lipinski definition) is 2. The monoisotopic (exact) mass is 244 g/mol. The van der Waals surface area contributed by atoms with Crippen molar-refractivity contribution < 1.29 is 0 Å². The molecule has 0 fully saturated rings. The largest absolute Gasteiger partial charge is 0.319 e. The van der Waals surface area contributed by atoms with Crippen molar-refractivity contribution >= 4 is 0 Å². The Morgan fingerprint density at radius 2 is 2.00 bits per heavy atom. The molecule has 0 saturated heterocycles. The van der Waals surface area contributed by atoms with Crippen molar-refractivity contribution in [3.63, 3.8) is 0 Å². The highest BCUT2D eigenvalue weighted by Gasteiger charge is 2.11. The van der Waals surface area contributed by atoms with Crippen LogP contribution in [0.15, 0.2) is 35.9 Å². The molecule has 1 N–H and O–H groups in total. The first-order valence-electron chi connectivity index (χ1n) is 6.89. The maximum absolute atomic E-state index is 3.23. The van der Waals surface area contributed by atoms with Crippen LogP contribution in [-0.4, -0.2) is 31.6 Å². The highest BCUT2D eigenvalue weighted by molar-refractivity contribution is 5.27. The Balaban J connectivity index is 2.00. The smallest absolute Gasteiger partial charge is 0.0239 e. The number of rotatable bonds is 5. The minimum Gasteiger partial charge on any atom is -0.319 e. The van der Waals surface area contributed by atoms with E-state index in [1.54, 1.807) is 0 Å². The van der Waals surface area contributed by atoms with E-state index in [1.807, 2.05) is 7.05 Å². The molecule has 0 aliphatic carbocycles. The van der Waals surface area contributed by atoms with Gasteiger partial charge in [-0.15, -0.1) is 0 Å². The van der Waals surface area contributed by atoms with Crippen molar-refractivity contribution in [3.8, 4) is 0 Å². The summed E-state index contributed by atoms with van der Waals surface area (Å²) in [5.41, 5.74) is 4.51. The van der Waals surface area contributed by atoms with E-state index in [4.69, 9.17) is 0 Å². The summed E-state index contributed by atoms with van der Waals surface area (Å²) in [5, 5.41) is 3.23. The van der Waals surface area contributed by atoms with Crippen molar-refractivity contribution in [2.75, 3.05) is 26.7 Å². The van der Waals surface area contributed by atoms with Crippen molar-refractivity contribution in [1.82, 2.24) is 10.2 Å². The Labute approximate surface area is 111 Å². The van der Waals surface area contributed by atoms with Crippen LogP contribution in [0.3, 0.4) is 0 Å². The van der Waals surface area contributed by atoms with Gasteiger partial charge in [0.15, 0.2) is 0 Å². The van der Waals surface area contributed by atoms with Gasteiger partial charge in [-0.3, -0.25) is 4.90 Å². The molecule has 1 aromatic carbocycles. The summed E-state index contributed by atoms with van der Waals surface area (Å²) >= 11 is 0. The SMILES string of the molecule is CNCCc1ccccc1CN1CC=C(C)CC1. The summed E-state index contributed by atoms with van der Waals surface area (Å²) in [5.74, 6) is 0. The van der Waals surface area contributed by atoms with E-state index < -0.39 is 0 Å². The van der Waals surface area contributed by atoms with Crippen LogP contribution in [-0.2, 0) is 13.0 Å². The first-order chi connectivity index (χ1) is 8.79. The molecule has 98 valence electrons. The molecule has 0 amide bonds. The van der Waals surface area contributed by atoms with Gasteiger partial charge in [0.25, 0.3) is 0 Å². The predicted molar refractivity (Wildman–Crippen MR) is 77.7 cm³/mol. The predicted octanol–water partition coefficient (Wildman–Crippen LogP) is 2.60. The fraction of sp³-hybridized carbons (Fsp3) is 0.500. The van der Waals surface area contributed by atoms with E-state index in [2.05, 4.69) is 47.5 Å². The molecule has 0 unspecified atom stereocenters. The lowest BCUT2D eigenvalue weighted by Gasteiger charge is -2.26. The highest BCUT2D eigenvalue weighted by Crippen LogP contribution is 2.16. The number of hydrogen-bond donors (Lipinski definition) is 1. The van der Waals surface area contributed by atoms with Gasteiger partial charge in [-0.1, -0.05) is 35.9 Å². The Kier molecular flexibility index (Phi) is 4.97. The van der Waals surface area contributed by atoms with Crippen LogP contribution < -0.4 is 5.32 Å². The van der Waals surface area contributed by atoms with Crippen LogP contribution in [0, 0.1) is 0 Å². The molecule has 0 spiro atoms. The molecule has 0 bridgehead atoms. The maximum atomic E-state index is 3.23. The first kappa shape index (κ1) is 13.3. The Morgan fingerprint density at radius 1 is 1.22 bits per heavy atom. The molecule has 0 atom stereocenters. The number of nitrogens with zero attached hydrogens (tertiary/aromatic N) is 1. The van der Waals surface area contributed by atoms with Gasteiger partial charge in [0, 0.05) is 19.6 Å².